The first kappa shape index (κ1) is 5.84. The Bertz CT molecular complexity index is 17.5. The van der Waals surface area contributed by atoms with Gasteiger partial charge in [-0.1, -0.05) is 0 Å². The van der Waals surface area contributed by atoms with Crippen LogP contribution in [-0.4, -0.2) is 19.2 Å². The van der Waals surface area contributed by atoms with Crippen molar-refractivity contribution >= 4 is 0 Å². The Balaban J connectivity index is 2.34. The van der Waals surface area contributed by atoms with E-state index >= 15 is 0 Å². The van der Waals surface area contributed by atoms with Crippen molar-refractivity contribution in [1.82, 2.24) is 0 Å². The number of hydrogen-bond acceptors (Lipinski definition) is 4. The standard InChI is InChI=1S/C2H6O4/c1-4-6-2-5-3/h3H,2H2,1H3. The molecule has 0 radical (unpaired) electrons. The van der Waals surface area contributed by atoms with Gasteiger partial charge in [-0.05, 0) is 0 Å². The fourth-order valence-corrected chi connectivity index (χ4v) is 0.0696. The highest BCUT2D eigenvalue weighted by atomic mass is 17.3. The van der Waals surface area contributed by atoms with Crippen LogP contribution < -0.4 is 0 Å². The summed E-state index contributed by atoms with van der Waals surface area (Å²) in [5.74, 6) is 0. The zero-order valence-corrected chi connectivity index (χ0v) is 3.38. The Kier molecular flexibility index (Phi) is 4.71. The highest BCUT2D eigenvalue weighted by Crippen LogP contribution is 1.68. The molecule has 0 aromatic rings. The molecule has 1 N–H and O–H groups in total. The van der Waals surface area contributed by atoms with Gasteiger partial charge in [0.2, 0.25) is 6.79 Å². The maximum absolute atomic E-state index is 7.49. The van der Waals surface area contributed by atoms with Gasteiger partial charge in [0.1, 0.15) is 0 Å². The summed E-state index contributed by atoms with van der Waals surface area (Å²) < 4.78 is 0. The van der Waals surface area contributed by atoms with Crippen LogP contribution in [0.3, 0.4) is 0 Å². The monoisotopic (exact) mass is 94.0 g/mol. The summed E-state index contributed by atoms with van der Waals surface area (Å²) in [4.78, 5) is 11.4. The smallest absolute Gasteiger partial charge is 0.214 e. The van der Waals surface area contributed by atoms with Gasteiger partial charge in [0.05, 0.1) is 7.11 Å². The lowest BCUT2D eigenvalue weighted by Crippen LogP contribution is -1.93. The molecular formula is C2H6O4. The Hall–Kier alpha value is -0.160. The average Bonchev–Trinajstić information content (AvgIpc) is 1.61. The summed E-state index contributed by atoms with van der Waals surface area (Å²) in [6.07, 6.45) is 0. The Labute approximate surface area is 35.1 Å². The highest BCUT2D eigenvalue weighted by Gasteiger charge is 1.74. The van der Waals surface area contributed by atoms with Crippen molar-refractivity contribution in [2.24, 2.45) is 0 Å². The van der Waals surface area contributed by atoms with Crippen LogP contribution in [0.2, 0.25) is 0 Å². The van der Waals surface area contributed by atoms with Crippen molar-refractivity contribution in [2.75, 3.05) is 13.9 Å². The quantitative estimate of drug-likeness (QED) is 0.231. The second-order valence-electron chi connectivity index (χ2n) is 0.531. The summed E-state index contributed by atoms with van der Waals surface area (Å²) >= 11 is 0. The van der Waals surface area contributed by atoms with Crippen LogP contribution in [0.4, 0.5) is 0 Å². The Morgan fingerprint density at radius 1 is 1.67 bits per heavy atom. The molecule has 0 heterocycles. The molecule has 0 aliphatic rings. The van der Waals surface area contributed by atoms with Gasteiger partial charge in [-0.3, -0.25) is 0 Å². The average molecular weight is 94.1 g/mol. The molecule has 0 fully saturated rings. The summed E-state index contributed by atoms with van der Waals surface area (Å²) in [5, 5.41) is 7.49. The van der Waals surface area contributed by atoms with E-state index in [0.29, 0.717) is 0 Å². The molecule has 38 valence electrons. The SMILES string of the molecule is COOCOO. The Morgan fingerprint density at radius 2 is 2.33 bits per heavy atom. The molecule has 0 rings (SSSR count). The molecule has 0 spiro atoms. The molecule has 0 amide bonds. The van der Waals surface area contributed by atoms with Gasteiger partial charge in [-0.15, -0.1) is 0 Å². The lowest BCUT2D eigenvalue weighted by Gasteiger charge is -1.90. The van der Waals surface area contributed by atoms with Gasteiger partial charge < -0.3 is 0 Å². The summed E-state index contributed by atoms with van der Waals surface area (Å²) in [5.41, 5.74) is 0. The van der Waals surface area contributed by atoms with Crippen LogP contribution >= 0.6 is 0 Å². The van der Waals surface area contributed by atoms with Crippen LogP contribution in [0, 0.1) is 0 Å². The minimum absolute atomic E-state index is 0.253. The molecule has 6 heavy (non-hydrogen) atoms. The summed E-state index contributed by atoms with van der Waals surface area (Å²) in [7, 11) is 1.32. The van der Waals surface area contributed by atoms with Gasteiger partial charge in [0.15, 0.2) is 0 Å². The molecule has 4 heteroatoms. The fraction of sp³-hybridized carbons (Fsp3) is 1.00. The third kappa shape index (κ3) is 3.84. The van der Waals surface area contributed by atoms with E-state index in [1.165, 1.54) is 7.11 Å². The van der Waals surface area contributed by atoms with E-state index < -0.39 is 0 Å². The molecule has 0 saturated carbocycles. The zero-order chi connectivity index (χ0) is 4.83. The third-order valence-electron chi connectivity index (χ3n) is 0.219. The molecular weight excluding hydrogens is 88.0 g/mol. The number of rotatable bonds is 3. The van der Waals surface area contributed by atoms with E-state index in [0.717, 1.165) is 0 Å². The van der Waals surface area contributed by atoms with Crippen LogP contribution in [0.5, 0.6) is 0 Å². The minimum atomic E-state index is -0.253. The second kappa shape index (κ2) is 4.84. The number of hydrogen-bond donors (Lipinski definition) is 1. The maximum Gasteiger partial charge on any atom is 0.214 e. The third-order valence-corrected chi connectivity index (χ3v) is 0.219. The molecule has 0 aliphatic heterocycles. The van der Waals surface area contributed by atoms with Crippen LogP contribution in [-0.2, 0) is 14.7 Å². The first-order valence-corrected chi connectivity index (χ1v) is 1.33. The first-order chi connectivity index (χ1) is 2.91. The topological polar surface area (TPSA) is 47.9 Å². The predicted molar refractivity (Wildman–Crippen MR) is 16.7 cm³/mol. The molecule has 0 unspecified atom stereocenters. The minimum Gasteiger partial charge on any atom is -0.249 e. The zero-order valence-electron chi connectivity index (χ0n) is 3.38. The van der Waals surface area contributed by atoms with Gasteiger partial charge in [-0.25, -0.2) is 19.9 Å². The normalized spacial score (nSPS) is 9.00. The summed E-state index contributed by atoms with van der Waals surface area (Å²) in [6.45, 7) is -0.253. The first-order valence-electron chi connectivity index (χ1n) is 1.33. The molecule has 0 aliphatic carbocycles. The fourth-order valence-electron chi connectivity index (χ4n) is 0.0696. The highest BCUT2D eigenvalue weighted by molar-refractivity contribution is 3.70. The van der Waals surface area contributed by atoms with E-state index in [1.807, 2.05) is 0 Å². The molecule has 0 atom stereocenters. The van der Waals surface area contributed by atoms with Gasteiger partial charge in [0.25, 0.3) is 0 Å². The van der Waals surface area contributed by atoms with Crippen molar-refractivity contribution in [3.63, 3.8) is 0 Å². The van der Waals surface area contributed by atoms with Gasteiger partial charge in [0, 0.05) is 0 Å². The summed E-state index contributed by atoms with van der Waals surface area (Å²) in [6, 6.07) is 0. The largest absolute Gasteiger partial charge is 0.249 e. The van der Waals surface area contributed by atoms with Gasteiger partial charge >= 0.3 is 0 Å². The van der Waals surface area contributed by atoms with E-state index in [1.54, 1.807) is 0 Å². The van der Waals surface area contributed by atoms with E-state index in [4.69, 9.17) is 5.26 Å². The molecule has 0 aromatic heterocycles. The lowest BCUT2D eigenvalue weighted by atomic mass is 11.5. The maximum atomic E-state index is 7.49. The molecule has 0 saturated heterocycles. The Morgan fingerprint density at radius 3 is 2.50 bits per heavy atom. The van der Waals surface area contributed by atoms with E-state index in [-0.39, 0.29) is 6.79 Å². The van der Waals surface area contributed by atoms with Crippen LogP contribution in [0.15, 0.2) is 0 Å². The van der Waals surface area contributed by atoms with Crippen molar-refractivity contribution < 1.29 is 19.9 Å². The van der Waals surface area contributed by atoms with E-state index in [9.17, 15) is 0 Å². The van der Waals surface area contributed by atoms with Crippen molar-refractivity contribution in [3.8, 4) is 0 Å². The van der Waals surface area contributed by atoms with Gasteiger partial charge in [-0.2, -0.15) is 0 Å². The van der Waals surface area contributed by atoms with Crippen molar-refractivity contribution in [3.05, 3.63) is 0 Å². The molecule has 0 aromatic carbocycles. The predicted octanol–water partition coefficient (Wildman–Crippen LogP) is 0.0115. The van der Waals surface area contributed by atoms with Crippen LogP contribution in [0.25, 0.3) is 0 Å². The van der Waals surface area contributed by atoms with Crippen molar-refractivity contribution in [1.29, 1.82) is 0 Å². The van der Waals surface area contributed by atoms with Crippen LogP contribution in [0.1, 0.15) is 0 Å². The molecule has 0 bridgehead atoms. The lowest BCUT2D eigenvalue weighted by molar-refractivity contribution is -0.392. The van der Waals surface area contributed by atoms with Crippen molar-refractivity contribution in [2.45, 2.75) is 0 Å². The van der Waals surface area contributed by atoms with E-state index in [2.05, 4.69) is 14.7 Å². The second-order valence-corrected chi connectivity index (χ2v) is 0.531. The molecule has 4 nitrogen and oxygen atoms in total.